The number of sulfone groups is 1. The molecule has 78 valence electrons. The van der Waals surface area contributed by atoms with Gasteiger partial charge in [-0.05, 0) is 12.1 Å². The summed E-state index contributed by atoms with van der Waals surface area (Å²) < 4.78 is 32.7. The van der Waals surface area contributed by atoms with Crippen molar-refractivity contribution in [2.75, 3.05) is 14.2 Å². The Morgan fingerprint density at radius 3 is 2.36 bits per heavy atom. The van der Waals surface area contributed by atoms with Crippen molar-refractivity contribution in [1.29, 1.82) is 0 Å². The van der Waals surface area contributed by atoms with Gasteiger partial charge in [-0.3, -0.25) is 0 Å². The topological polar surface area (TPSA) is 65.5 Å². The maximum Gasteiger partial charge on any atom is 0.268 e. The van der Waals surface area contributed by atoms with Crippen LogP contribution >= 0.6 is 0 Å². The quantitative estimate of drug-likeness (QED) is 0.684. The van der Waals surface area contributed by atoms with E-state index in [2.05, 4.69) is 14.5 Å². The van der Waals surface area contributed by atoms with Gasteiger partial charge in [-0.1, -0.05) is 6.07 Å². The molecule has 0 aliphatic rings. The van der Waals surface area contributed by atoms with Gasteiger partial charge in [-0.25, -0.2) is 13.4 Å². The molecule has 0 radical (unpaired) electrons. The minimum absolute atomic E-state index is 0.0614. The number of methoxy groups -OCH3 is 2. The summed E-state index contributed by atoms with van der Waals surface area (Å²) in [5.41, 5.74) is -1.31. The Labute approximate surface area is 82.6 Å². The first-order valence-corrected chi connectivity index (χ1v) is 5.38. The molecule has 5 nitrogen and oxygen atoms in total. The first-order valence-electron chi connectivity index (χ1n) is 3.83. The standard InChI is InChI=1S/C8H11NO4S/c1-12-8(13-2)14(10,11)7-5-3-4-6-9-7/h3-6,8H,1-2H3. The first-order chi connectivity index (χ1) is 6.62. The van der Waals surface area contributed by atoms with Crippen molar-refractivity contribution < 1.29 is 17.9 Å². The van der Waals surface area contributed by atoms with Crippen LogP contribution in [0.25, 0.3) is 0 Å². The zero-order valence-electron chi connectivity index (χ0n) is 7.88. The van der Waals surface area contributed by atoms with E-state index in [1.54, 1.807) is 12.1 Å². The van der Waals surface area contributed by atoms with Gasteiger partial charge in [0.15, 0.2) is 5.03 Å². The molecule has 1 aromatic heterocycles. The van der Waals surface area contributed by atoms with Crippen LogP contribution in [0.15, 0.2) is 29.4 Å². The van der Waals surface area contributed by atoms with Gasteiger partial charge in [0.25, 0.3) is 5.62 Å². The molecule has 14 heavy (non-hydrogen) atoms. The van der Waals surface area contributed by atoms with Gasteiger partial charge in [0.2, 0.25) is 9.84 Å². The van der Waals surface area contributed by atoms with E-state index in [-0.39, 0.29) is 5.03 Å². The molecule has 0 aliphatic carbocycles. The van der Waals surface area contributed by atoms with Crippen LogP contribution in [0.5, 0.6) is 0 Å². The molecule has 0 fully saturated rings. The summed E-state index contributed by atoms with van der Waals surface area (Å²) in [6.07, 6.45) is 1.40. The van der Waals surface area contributed by atoms with E-state index in [4.69, 9.17) is 0 Å². The molecule has 1 aromatic rings. The predicted molar refractivity (Wildman–Crippen MR) is 49.2 cm³/mol. The minimum atomic E-state index is -3.66. The Kier molecular flexibility index (Phi) is 3.56. The monoisotopic (exact) mass is 217 g/mol. The summed E-state index contributed by atoms with van der Waals surface area (Å²) in [4.78, 5) is 3.72. The maximum absolute atomic E-state index is 11.7. The lowest BCUT2D eigenvalue weighted by Crippen LogP contribution is -2.25. The van der Waals surface area contributed by atoms with E-state index in [1.807, 2.05) is 0 Å². The Bertz CT molecular complexity index is 372. The largest absolute Gasteiger partial charge is 0.343 e. The molecule has 0 saturated carbocycles. The van der Waals surface area contributed by atoms with Crippen LogP contribution in [-0.4, -0.2) is 33.2 Å². The molecule has 0 unspecified atom stereocenters. The van der Waals surface area contributed by atoms with Crippen molar-refractivity contribution in [3.05, 3.63) is 24.4 Å². The van der Waals surface area contributed by atoms with E-state index in [0.29, 0.717) is 0 Å². The minimum Gasteiger partial charge on any atom is -0.343 e. The van der Waals surface area contributed by atoms with Gasteiger partial charge in [-0.2, -0.15) is 0 Å². The number of hydrogen-bond acceptors (Lipinski definition) is 5. The van der Waals surface area contributed by atoms with E-state index >= 15 is 0 Å². The summed E-state index contributed by atoms with van der Waals surface area (Å²) in [7, 11) is -1.14. The van der Waals surface area contributed by atoms with E-state index in [9.17, 15) is 8.42 Å². The number of ether oxygens (including phenoxy) is 2. The third kappa shape index (κ3) is 2.09. The number of aromatic nitrogens is 1. The van der Waals surface area contributed by atoms with Crippen LogP contribution < -0.4 is 0 Å². The maximum atomic E-state index is 11.7. The first kappa shape index (κ1) is 11.1. The Morgan fingerprint density at radius 2 is 1.93 bits per heavy atom. The van der Waals surface area contributed by atoms with Crippen molar-refractivity contribution in [2.24, 2.45) is 0 Å². The SMILES string of the molecule is COC(OC)S(=O)(=O)c1ccccn1. The zero-order chi connectivity index (χ0) is 10.6. The highest BCUT2D eigenvalue weighted by Crippen LogP contribution is 2.13. The number of pyridine rings is 1. The summed E-state index contributed by atoms with van der Waals surface area (Å²) in [6.45, 7) is 0. The molecule has 0 bridgehead atoms. The van der Waals surface area contributed by atoms with Crippen LogP contribution in [0.2, 0.25) is 0 Å². The van der Waals surface area contributed by atoms with E-state index in [0.717, 1.165) is 0 Å². The molecule has 0 N–H and O–H groups in total. The van der Waals surface area contributed by atoms with Gasteiger partial charge in [0.1, 0.15) is 0 Å². The van der Waals surface area contributed by atoms with E-state index in [1.165, 1.54) is 26.5 Å². The van der Waals surface area contributed by atoms with Crippen molar-refractivity contribution in [2.45, 2.75) is 10.6 Å². The molecule has 1 heterocycles. The van der Waals surface area contributed by atoms with Crippen LogP contribution in [0, 0.1) is 0 Å². The lowest BCUT2D eigenvalue weighted by Gasteiger charge is -2.12. The van der Waals surface area contributed by atoms with Gasteiger partial charge in [-0.15, -0.1) is 0 Å². The highest BCUT2D eigenvalue weighted by atomic mass is 32.2. The molecular formula is C8H11NO4S. The normalized spacial score (nSPS) is 11.9. The van der Waals surface area contributed by atoms with Crippen LogP contribution in [0.1, 0.15) is 0 Å². The number of rotatable bonds is 4. The van der Waals surface area contributed by atoms with Crippen LogP contribution in [0.3, 0.4) is 0 Å². The van der Waals surface area contributed by atoms with Crippen molar-refractivity contribution in [3.63, 3.8) is 0 Å². The summed E-state index contributed by atoms with van der Waals surface area (Å²) >= 11 is 0. The number of hydrogen-bond donors (Lipinski definition) is 0. The van der Waals surface area contributed by atoms with Gasteiger partial charge in [0, 0.05) is 20.4 Å². The average molecular weight is 217 g/mol. The zero-order valence-corrected chi connectivity index (χ0v) is 8.69. The fourth-order valence-corrected chi connectivity index (χ4v) is 2.14. The molecule has 1 rings (SSSR count). The second kappa shape index (κ2) is 4.50. The Balaban J connectivity index is 3.08. The van der Waals surface area contributed by atoms with Crippen molar-refractivity contribution in [3.8, 4) is 0 Å². The lowest BCUT2D eigenvalue weighted by molar-refractivity contribution is -0.0416. The van der Waals surface area contributed by atoms with Gasteiger partial charge < -0.3 is 9.47 Å². The molecule has 0 aliphatic heterocycles. The fourth-order valence-electron chi connectivity index (χ4n) is 0.964. The predicted octanol–water partition coefficient (Wildman–Crippen LogP) is 0.432. The van der Waals surface area contributed by atoms with E-state index < -0.39 is 15.5 Å². The Hall–Kier alpha value is -0.980. The number of nitrogens with zero attached hydrogens (tertiary/aromatic N) is 1. The second-order valence-electron chi connectivity index (χ2n) is 2.47. The molecular weight excluding hydrogens is 206 g/mol. The smallest absolute Gasteiger partial charge is 0.268 e. The second-order valence-corrected chi connectivity index (χ2v) is 4.37. The molecule has 0 saturated heterocycles. The van der Waals surface area contributed by atoms with Gasteiger partial charge >= 0.3 is 0 Å². The molecule has 0 spiro atoms. The van der Waals surface area contributed by atoms with Crippen LogP contribution in [0.4, 0.5) is 0 Å². The highest BCUT2D eigenvalue weighted by Gasteiger charge is 2.28. The summed E-state index contributed by atoms with van der Waals surface area (Å²) in [6, 6.07) is 4.61. The van der Waals surface area contributed by atoms with Crippen molar-refractivity contribution >= 4 is 9.84 Å². The third-order valence-corrected chi connectivity index (χ3v) is 3.28. The Morgan fingerprint density at radius 1 is 1.29 bits per heavy atom. The van der Waals surface area contributed by atoms with Crippen molar-refractivity contribution in [1.82, 2.24) is 4.98 Å². The molecule has 6 heteroatoms. The van der Waals surface area contributed by atoms with Crippen LogP contribution in [-0.2, 0) is 19.3 Å². The molecule has 0 amide bonds. The molecule has 0 aromatic carbocycles. The van der Waals surface area contributed by atoms with Gasteiger partial charge in [0.05, 0.1) is 0 Å². The summed E-state index contributed by atoms with van der Waals surface area (Å²) in [5, 5.41) is -0.0614. The lowest BCUT2D eigenvalue weighted by atomic mass is 10.5. The average Bonchev–Trinajstić information content (AvgIpc) is 2.20. The fraction of sp³-hybridized carbons (Fsp3) is 0.375. The third-order valence-electron chi connectivity index (χ3n) is 1.57. The molecule has 0 atom stereocenters. The highest BCUT2D eigenvalue weighted by molar-refractivity contribution is 7.91. The summed E-state index contributed by atoms with van der Waals surface area (Å²) in [5.74, 6) is 0.